The van der Waals surface area contributed by atoms with Gasteiger partial charge in [-0.2, -0.15) is 8.42 Å². The molecule has 5 nitrogen and oxygen atoms in total. The smallest absolute Gasteiger partial charge is 0.214 e. The first-order chi connectivity index (χ1) is 12.6. The summed E-state index contributed by atoms with van der Waals surface area (Å²) < 4.78 is 26.5. The highest BCUT2D eigenvalue weighted by molar-refractivity contribution is 7.89. The lowest BCUT2D eigenvalue weighted by molar-refractivity contribution is 0.296. The van der Waals surface area contributed by atoms with Gasteiger partial charge in [0.15, 0.2) is 5.82 Å². The summed E-state index contributed by atoms with van der Waals surface area (Å²) in [6.45, 7) is 0. The fourth-order valence-electron chi connectivity index (χ4n) is 3.17. The Morgan fingerprint density at radius 3 is 2.38 bits per heavy atom. The lowest BCUT2D eigenvalue weighted by Crippen LogP contribution is -2.14. The maximum atomic E-state index is 12.8. The molecule has 0 aliphatic heterocycles. The highest BCUT2D eigenvalue weighted by Gasteiger charge is 2.20. The zero-order valence-corrected chi connectivity index (χ0v) is 15.3. The molecule has 1 aliphatic carbocycles. The van der Waals surface area contributed by atoms with E-state index in [0.717, 1.165) is 22.0 Å². The van der Waals surface area contributed by atoms with Crippen LogP contribution in [0.2, 0.25) is 0 Å². The van der Waals surface area contributed by atoms with Crippen molar-refractivity contribution < 1.29 is 8.42 Å². The van der Waals surface area contributed by atoms with E-state index in [1.165, 1.54) is 37.6 Å². The summed E-state index contributed by atoms with van der Waals surface area (Å²) in [5.41, 5.74) is 1.97. The highest BCUT2D eigenvalue weighted by atomic mass is 32.2. The molecule has 0 N–H and O–H groups in total. The molecule has 3 aromatic rings. The van der Waals surface area contributed by atoms with Gasteiger partial charge in [-0.1, -0.05) is 61.7 Å². The van der Waals surface area contributed by atoms with E-state index < -0.39 is 10.0 Å². The predicted molar refractivity (Wildman–Crippen MR) is 100 cm³/mol. The van der Waals surface area contributed by atoms with Crippen LogP contribution < -0.4 is 0 Å². The van der Waals surface area contributed by atoms with Crippen LogP contribution in [-0.2, 0) is 16.4 Å². The number of hydrogen-bond donors (Lipinski definition) is 0. The fourth-order valence-corrected chi connectivity index (χ4v) is 4.22. The lowest BCUT2D eigenvalue weighted by atomic mass is 9.81. The molecular weight excluding hydrogens is 346 g/mol. The summed E-state index contributed by atoms with van der Waals surface area (Å²) in [7, 11) is -3.72. The number of benzene rings is 2. The number of aromatic nitrogens is 3. The zero-order chi connectivity index (χ0) is 18.0. The molecule has 0 saturated heterocycles. The van der Waals surface area contributed by atoms with Crippen LogP contribution in [0.25, 0.3) is 11.4 Å². The lowest BCUT2D eigenvalue weighted by Gasteiger charge is -2.25. The molecule has 6 heteroatoms. The quantitative estimate of drug-likeness (QED) is 0.662. The second-order valence-corrected chi connectivity index (χ2v) is 8.59. The van der Waals surface area contributed by atoms with Gasteiger partial charge in [0.1, 0.15) is 6.33 Å². The van der Waals surface area contributed by atoms with E-state index in [0.29, 0.717) is 5.82 Å². The predicted octanol–water partition coefficient (Wildman–Crippen LogP) is 3.91. The highest BCUT2D eigenvalue weighted by Crippen LogP contribution is 2.30. The molecule has 2 aromatic carbocycles. The maximum absolute atomic E-state index is 12.8. The van der Waals surface area contributed by atoms with Crippen molar-refractivity contribution in [2.24, 2.45) is 5.92 Å². The van der Waals surface area contributed by atoms with Gasteiger partial charge in [0, 0.05) is 5.56 Å². The summed E-state index contributed by atoms with van der Waals surface area (Å²) in [6, 6.07) is 16.5. The van der Waals surface area contributed by atoms with Crippen molar-refractivity contribution >= 4 is 10.0 Å². The van der Waals surface area contributed by atoms with Crippen LogP contribution in [0.5, 0.6) is 0 Å². The largest absolute Gasteiger partial charge is 0.284 e. The Hall–Kier alpha value is -2.47. The van der Waals surface area contributed by atoms with Gasteiger partial charge in [0.2, 0.25) is 0 Å². The van der Waals surface area contributed by atoms with E-state index in [2.05, 4.69) is 10.1 Å². The first-order valence-corrected chi connectivity index (χ1v) is 10.4. The van der Waals surface area contributed by atoms with Crippen LogP contribution in [0.4, 0.5) is 0 Å². The van der Waals surface area contributed by atoms with Crippen molar-refractivity contribution in [1.29, 1.82) is 0 Å². The summed E-state index contributed by atoms with van der Waals surface area (Å²) in [5.74, 6) is 1.25. The van der Waals surface area contributed by atoms with Gasteiger partial charge in [0.05, 0.1) is 4.90 Å². The van der Waals surface area contributed by atoms with Crippen LogP contribution >= 0.6 is 0 Å². The van der Waals surface area contributed by atoms with Gasteiger partial charge in [-0.25, -0.2) is 4.98 Å². The maximum Gasteiger partial charge on any atom is 0.284 e. The van der Waals surface area contributed by atoms with Crippen LogP contribution in [-0.4, -0.2) is 22.6 Å². The average molecular weight is 367 g/mol. The molecule has 0 unspecified atom stereocenters. The molecular formula is C20H21N3O2S. The Kier molecular flexibility index (Phi) is 4.59. The number of hydrogen-bond acceptors (Lipinski definition) is 4. The molecule has 1 aromatic heterocycles. The summed E-state index contributed by atoms with van der Waals surface area (Å²) >= 11 is 0. The minimum atomic E-state index is -3.72. The van der Waals surface area contributed by atoms with E-state index >= 15 is 0 Å². The van der Waals surface area contributed by atoms with Gasteiger partial charge in [-0.05, 0) is 36.5 Å². The second-order valence-electron chi connectivity index (χ2n) is 6.79. The Morgan fingerprint density at radius 1 is 1.00 bits per heavy atom. The molecule has 4 rings (SSSR count). The molecule has 1 aliphatic rings. The summed E-state index contributed by atoms with van der Waals surface area (Å²) in [5, 5.41) is 4.15. The third-order valence-electron chi connectivity index (χ3n) is 5.04. The Morgan fingerprint density at radius 2 is 1.73 bits per heavy atom. The van der Waals surface area contributed by atoms with Gasteiger partial charge in [0.25, 0.3) is 10.0 Å². The number of nitrogens with zero attached hydrogens (tertiary/aromatic N) is 3. The normalized spacial score (nSPS) is 14.9. The van der Waals surface area contributed by atoms with E-state index in [-0.39, 0.29) is 4.90 Å². The van der Waals surface area contributed by atoms with Crippen LogP contribution in [0.1, 0.15) is 31.2 Å². The van der Waals surface area contributed by atoms with Gasteiger partial charge in [-0.3, -0.25) is 0 Å². The minimum absolute atomic E-state index is 0.231. The van der Waals surface area contributed by atoms with Gasteiger partial charge < -0.3 is 0 Å². The van der Waals surface area contributed by atoms with Crippen LogP contribution in [0.3, 0.4) is 0 Å². The van der Waals surface area contributed by atoms with Crippen molar-refractivity contribution in [3.05, 3.63) is 66.5 Å². The zero-order valence-electron chi connectivity index (χ0n) is 14.5. The monoisotopic (exact) mass is 367 g/mol. The van der Waals surface area contributed by atoms with Crippen molar-refractivity contribution in [2.75, 3.05) is 0 Å². The number of aryl methyl sites for hydroxylation is 1. The van der Waals surface area contributed by atoms with E-state index in [1.807, 2.05) is 42.5 Å². The SMILES string of the molecule is O=S(=O)(c1ccc(CCC2CCC2)cc1)n1cnc(-c2ccccc2)n1. The van der Waals surface area contributed by atoms with E-state index in [1.54, 1.807) is 12.1 Å². The van der Waals surface area contributed by atoms with Gasteiger partial charge in [-0.15, -0.1) is 9.19 Å². The minimum Gasteiger partial charge on any atom is -0.214 e. The topological polar surface area (TPSA) is 64.8 Å². The second kappa shape index (κ2) is 7.03. The molecule has 134 valence electrons. The average Bonchev–Trinajstić information content (AvgIpc) is 3.13. The molecule has 0 bridgehead atoms. The third kappa shape index (κ3) is 3.42. The molecule has 0 spiro atoms. The van der Waals surface area contributed by atoms with Crippen molar-refractivity contribution in [2.45, 2.75) is 37.0 Å². The molecule has 0 atom stereocenters. The molecule has 0 radical (unpaired) electrons. The Balaban J connectivity index is 1.52. The molecule has 1 fully saturated rings. The fraction of sp³-hybridized carbons (Fsp3) is 0.300. The summed E-state index contributed by atoms with van der Waals surface area (Å²) in [4.78, 5) is 4.36. The molecule has 26 heavy (non-hydrogen) atoms. The van der Waals surface area contributed by atoms with E-state index in [9.17, 15) is 8.42 Å². The Labute approximate surface area is 153 Å². The van der Waals surface area contributed by atoms with Crippen molar-refractivity contribution in [3.8, 4) is 11.4 Å². The van der Waals surface area contributed by atoms with E-state index in [4.69, 9.17) is 0 Å². The Bertz CT molecular complexity index is 975. The third-order valence-corrected chi connectivity index (χ3v) is 6.57. The standard InChI is InChI=1S/C20H21N3O2S/c24-26(25,23-15-21-20(22-23)18-7-2-1-3-8-18)19-13-11-17(12-14-19)10-9-16-5-4-6-16/h1-3,7-8,11-16H,4-6,9-10H2. The first-order valence-electron chi connectivity index (χ1n) is 8.94. The first kappa shape index (κ1) is 17.0. The van der Waals surface area contributed by atoms with Crippen LogP contribution in [0.15, 0.2) is 65.8 Å². The van der Waals surface area contributed by atoms with Gasteiger partial charge >= 0.3 is 0 Å². The van der Waals surface area contributed by atoms with Crippen molar-refractivity contribution in [3.63, 3.8) is 0 Å². The number of rotatable bonds is 6. The van der Waals surface area contributed by atoms with Crippen molar-refractivity contribution in [1.82, 2.24) is 14.2 Å². The summed E-state index contributed by atoms with van der Waals surface area (Å²) in [6.07, 6.45) is 7.47. The molecule has 1 saturated carbocycles. The molecule has 0 amide bonds. The van der Waals surface area contributed by atoms with Crippen LogP contribution in [0, 0.1) is 5.92 Å². The molecule has 1 heterocycles.